The summed E-state index contributed by atoms with van der Waals surface area (Å²) in [6, 6.07) is 0. The minimum Gasteiger partial charge on any atom is -0.319 e. The minimum atomic E-state index is -0.632. The number of nitrogens with zero attached hydrogens (tertiary/aromatic N) is 1. The van der Waals surface area contributed by atoms with E-state index < -0.39 is 5.03 Å². The molecule has 0 aromatic heterocycles. The molecule has 0 radical (unpaired) electrons. The number of hydrogen-bond acceptors (Lipinski definition) is 2. The number of rotatable bonds is 2. The van der Waals surface area contributed by atoms with Gasteiger partial charge >= 0.3 is 29.6 Å². The second kappa shape index (κ2) is 6.20. The standard InChI is InChI=1S/C2H5N2O2.Na/c1-2-3-4(5)6;/h3H,1-2H2;/q-1;+1. The van der Waals surface area contributed by atoms with Crippen LogP contribution in [0.2, 0.25) is 0 Å². The molecule has 1 N–H and O–H groups in total. The Kier molecular flexibility index (Phi) is 9.07. The maximum absolute atomic E-state index is 9.25. The van der Waals surface area contributed by atoms with Crippen molar-refractivity contribution in [2.24, 2.45) is 0 Å². The van der Waals surface area contributed by atoms with Crippen molar-refractivity contribution in [3.8, 4) is 0 Å². The molecule has 0 saturated heterocycles. The van der Waals surface area contributed by atoms with Crippen molar-refractivity contribution in [1.29, 1.82) is 0 Å². The molecule has 0 aliphatic heterocycles. The fourth-order valence-electron chi connectivity index (χ4n) is 0.0913. The van der Waals surface area contributed by atoms with Crippen molar-refractivity contribution < 1.29 is 34.6 Å². The maximum Gasteiger partial charge on any atom is 1.00 e. The summed E-state index contributed by atoms with van der Waals surface area (Å²) in [7, 11) is 0. The first kappa shape index (κ1) is 10.2. The molecule has 0 aromatic rings. The van der Waals surface area contributed by atoms with Crippen LogP contribution in [0, 0.1) is 17.0 Å². The SMILES string of the molecule is [CH2-]CN[N+](=O)[O-].[Na+]. The van der Waals surface area contributed by atoms with Crippen molar-refractivity contribution >= 4 is 0 Å². The van der Waals surface area contributed by atoms with Gasteiger partial charge in [0.05, 0.1) is 0 Å². The van der Waals surface area contributed by atoms with Crippen LogP contribution in [0.4, 0.5) is 0 Å². The third kappa shape index (κ3) is 10.7. The van der Waals surface area contributed by atoms with Gasteiger partial charge in [0.1, 0.15) is 0 Å². The quantitative estimate of drug-likeness (QED) is 0.175. The van der Waals surface area contributed by atoms with Gasteiger partial charge in [0.2, 0.25) is 0 Å². The monoisotopic (exact) mass is 112 g/mol. The Bertz CT molecular complexity index is 57.7. The fraction of sp³-hybridized carbons (Fsp3) is 0.500. The molecule has 0 aliphatic rings. The zero-order chi connectivity index (χ0) is 4.99. The summed E-state index contributed by atoms with van der Waals surface area (Å²) in [6.07, 6.45) is 0. The molecular formula is C2H5N2NaO2. The van der Waals surface area contributed by atoms with Crippen molar-refractivity contribution in [3.05, 3.63) is 17.0 Å². The third-order valence-electron chi connectivity index (χ3n) is 0.241. The first-order valence-electron chi connectivity index (χ1n) is 1.44. The zero-order valence-corrected chi connectivity index (χ0v) is 6.18. The molecule has 0 atom stereocenters. The van der Waals surface area contributed by atoms with Gasteiger partial charge in [-0.25, -0.2) is 10.1 Å². The Balaban J connectivity index is 0. The van der Waals surface area contributed by atoms with E-state index in [2.05, 4.69) is 6.92 Å². The van der Waals surface area contributed by atoms with Crippen molar-refractivity contribution in [3.63, 3.8) is 0 Å². The van der Waals surface area contributed by atoms with Crippen LogP contribution in [0.15, 0.2) is 0 Å². The first-order valence-corrected chi connectivity index (χ1v) is 1.44. The molecule has 36 valence electrons. The van der Waals surface area contributed by atoms with Crippen molar-refractivity contribution in [1.82, 2.24) is 5.43 Å². The molecule has 0 unspecified atom stereocenters. The molecule has 0 fully saturated rings. The van der Waals surface area contributed by atoms with Crippen molar-refractivity contribution in [2.45, 2.75) is 0 Å². The van der Waals surface area contributed by atoms with Crippen LogP contribution in [-0.4, -0.2) is 11.6 Å². The van der Waals surface area contributed by atoms with E-state index in [1.807, 2.05) is 5.43 Å². The van der Waals surface area contributed by atoms with E-state index in [0.29, 0.717) is 0 Å². The van der Waals surface area contributed by atoms with Gasteiger partial charge < -0.3 is 6.92 Å². The van der Waals surface area contributed by atoms with E-state index in [1.165, 1.54) is 0 Å². The van der Waals surface area contributed by atoms with E-state index in [0.717, 1.165) is 0 Å². The van der Waals surface area contributed by atoms with Crippen LogP contribution in [0.3, 0.4) is 0 Å². The first-order chi connectivity index (χ1) is 2.77. The molecular weight excluding hydrogens is 107 g/mol. The van der Waals surface area contributed by atoms with E-state index in [4.69, 9.17) is 0 Å². The van der Waals surface area contributed by atoms with Gasteiger partial charge in [-0.1, -0.05) is 0 Å². The summed E-state index contributed by atoms with van der Waals surface area (Å²) in [5, 5.41) is 8.62. The second-order valence-corrected chi connectivity index (χ2v) is 0.665. The van der Waals surface area contributed by atoms with Crippen LogP contribution >= 0.6 is 0 Å². The molecule has 4 nitrogen and oxygen atoms in total. The van der Waals surface area contributed by atoms with Crippen LogP contribution in [0.25, 0.3) is 0 Å². The minimum absolute atomic E-state index is 0. The van der Waals surface area contributed by atoms with Crippen LogP contribution in [0.1, 0.15) is 0 Å². The zero-order valence-electron chi connectivity index (χ0n) is 4.18. The normalized spacial score (nSPS) is 6.43. The molecule has 0 amide bonds. The number of hydrogen-bond donors (Lipinski definition) is 1. The number of hydrazine groups is 1. The summed E-state index contributed by atoms with van der Waals surface area (Å²) in [5.41, 5.74) is 1.82. The molecule has 0 saturated carbocycles. The van der Waals surface area contributed by atoms with E-state index in [-0.39, 0.29) is 36.1 Å². The number of nitro groups is 1. The number of nitrogens with one attached hydrogen (secondary N) is 1. The molecule has 0 aromatic carbocycles. The molecule has 0 aliphatic carbocycles. The molecule has 0 rings (SSSR count). The van der Waals surface area contributed by atoms with Gasteiger partial charge in [-0.3, -0.25) is 0 Å². The predicted molar refractivity (Wildman–Crippen MR) is 20.4 cm³/mol. The fourth-order valence-corrected chi connectivity index (χ4v) is 0.0913. The predicted octanol–water partition coefficient (Wildman–Crippen LogP) is -3.39. The average Bonchev–Trinajstić information content (AvgIpc) is 1.35. The van der Waals surface area contributed by atoms with E-state index in [1.54, 1.807) is 0 Å². The second-order valence-electron chi connectivity index (χ2n) is 0.665. The summed E-state index contributed by atoms with van der Waals surface area (Å²) >= 11 is 0. The Hall–Kier alpha value is 0.200. The summed E-state index contributed by atoms with van der Waals surface area (Å²) in [6.45, 7) is 3.30. The van der Waals surface area contributed by atoms with Gasteiger partial charge in [-0.05, 0) is 6.54 Å². The summed E-state index contributed by atoms with van der Waals surface area (Å²) < 4.78 is 0. The molecule has 0 bridgehead atoms. The van der Waals surface area contributed by atoms with Gasteiger partial charge in [-0.2, -0.15) is 5.43 Å². The smallest absolute Gasteiger partial charge is 0.319 e. The van der Waals surface area contributed by atoms with Gasteiger partial charge in [0.15, 0.2) is 5.03 Å². The van der Waals surface area contributed by atoms with E-state index in [9.17, 15) is 10.1 Å². The third-order valence-corrected chi connectivity index (χ3v) is 0.241. The van der Waals surface area contributed by atoms with Crippen LogP contribution < -0.4 is 35.0 Å². The molecule has 0 spiro atoms. The Labute approximate surface area is 63.7 Å². The maximum atomic E-state index is 9.25. The Morgan fingerprint density at radius 1 is 1.86 bits per heavy atom. The summed E-state index contributed by atoms with van der Waals surface area (Å²) in [5.74, 6) is 0. The summed E-state index contributed by atoms with van der Waals surface area (Å²) in [4.78, 5) is 9.25. The Morgan fingerprint density at radius 3 is 2.29 bits per heavy atom. The largest absolute Gasteiger partial charge is 1.00 e. The van der Waals surface area contributed by atoms with Crippen molar-refractivity contribution in [2.75, 3.05) is 6.54 Å². The van der Waals surface area contributed by atoms with Gasteiger partial charge in [0, 0.05) is 0 Å². The molecule has 5 heteroatoms. The van der Waals surface area contributed by atoms with Gasteiger partial charge in [0.25, 0.3) is 0 Å². The molecule has 7 heavy (non-hydrogen) atoms. The topological polar surface area (TPSA) is 55.2 Å². The molecule has 0 heterocycles. The Morgan fingerprint density at radius 2 is 2.29 bits per heavy atom. The van der Waals surface area contributed by atoms with Gasteiger partial charge in [-0.15, -0.1) is 0 Å². The van der Waals surface area contributed by atoms with Crippen LogP contribution in [0.5, 0.6) is 0 Å². The van der Waals surface area contributed by atoms with E-state index >= 15 is 0 Å². The van der Waals surface area contributed by atoms with Crippen LogP contribution in [-0.2, 0) is 0 Å². The average molecular weight is 112 g/mol.